The number of hydrogen-bond donors (Lipinski definition) is 0. The SMILES string of the molecule is CC(C)(C)c1ccccc1Pc1ccccc1. The maximum atomic E-state index is 2.28. The van der Waals surface area contributed by atoms with Crippen molar-refractivity contribution in [3.05, 3.63) is 60.2 Å². The van der Waals surface area contributed by atoms with Gasteiger partial charge >= 0.3 is 0 Å². The van der Waals surface area contributed by atoms with Crippen LogP contribution in [0.1, 0.15) is 26.3 Å². The highest BCUT2D eigenvalue weighted by Gasteiger charge is 2.17. The second-order valence-electron chi connectivity index (χ2n) is 5.29. The van der Waals surface area contributed by atoms with E-state index in [0.29, 0.717) is 0 Å². The molecule has 2 aromatic carbocycles. The Labute approximate surface area is 106 Å². The van der Waals surface area contributed by atoms with Gasteiger partial charge < -0.3 is 0 Å². The van der Waals surface area contributed by atoms with E-state index in [9.17, 15) is 0 Å². The molecule has 17 heavy (non-hydrogen) atoms. The molecular weight excluding hydrogens is 223 g/mol. The van der Waals surface area contributed by atoms with E-state index in [-0.39, 0.29) is 5.41 Å². The van der Waals surface area contributed by atoms with Crippen LogP contribution >= 0.6 is 8.58 Å². The fourth-order valence-electron chi connectivity index (χ4n) is 1.92. The molecule has 0 aliphatic carbocycles. The molecule has 0 saturated carbocycles. The smallest absolute Gasteiger partial charge is 0.0126 e. The minimum Gasteiger partial charge on any atom is -0.0622 e. The molecule has 1 atom stereocenters. The van der Waals surface area contributed by atoms with Gasteiger partial charge in [-0.3, -0.25) is 0 Å². The fraction of sp³-hybridized carbons (Fsp3) is 0.250. The van der Waals surface area contributed by atoms with Crippen LogP contribution in [0.15, 0.2) is 54.6 Å². The van der Waals surface area contributed by atoms with E-state index in [1.54, 1.807) is 0 Å². The standard InChI is InChI=1S/C16H19P/c1-16(2,3)14-11-7-8-12-15(14)17-13-9-5-4-6-10-13/h4-12,17H,1-3H3. The molecular formula is C16H19P. The Morgan fingerprint density at radius 3 is 2.00 bits per heavy atom. The average molecular weight is 242 g/mol. The lowest BCUT2D eigenvalue weighted by molar-refractivity contribution is 0.594. The second kappa shape index (κ2) is 5.02. The minimum absolute atomic E-state index is 0.221. The first-order valence-corrected chi connectivity index (χ1v) is 6.99. The third-order valence-corrected chi connectivity index (χ3v) is 4.12. The van der Waals surface area contributed by atoms with Crippen LogP contribution in [0.2, 0.25) is 0 Å². The normalized spacial score (nSPS) is 12.2. The van der Waals surface area contributed by atoms with Gasteiger partial charge in [-0.05, 0) is 21.6 Å². The predicted molar refractivity (Wildman–Crippen MR) is 79.2 cm³/mol. The molecule has 88 valence electrons. The monoisotopic (exact) mass is 242 g/mol. The summed E-state index contributed by atoms with van der Waals surface area (Å²) in [4.78, 5) is 0. The first-order chi connectivity index (χ1) is 8.07. The third-order valence-electron chi connectivity index (χ3n) is 2.79. The third kappa shape index (κ3) is 3.17. The molecule has 0 spiro atoms. The molecule has 0 aliphatic heterocycles. The summed E-state index contributed by atoms with van der Waals surface area (Å²) in [6.07, 6.45) is 0. The first kappa shape index (κ1) is 12.3. The summed E-state index contributed by atoms with van der Waals surface area (Å²) >= 11 is 0. The highest BCUT2D eigenvalue weighted by molar-refractivity contribution is 7.55. The lowest BCUT2D eigenvalue weighted by Crippen LogP contribution is -2.21. The molecule has 0 N–H and O–H groups in total. The molecule has 0 saturated heterocycles. The molecule has 0 heterocycles. The van der Waals surface area contributed by atoms with Crippen molar-refractivity contribution in [1.29, 1.82) is 0 Å². The summed E-state index contributed by atoms with van der Waals surface area (Å²) in [5.41, 5.74) is 1.68. The second-order valence-corrected chi connectivity index (χ2v) is 6.65. The van der Waals surface area contributed by atoms with E-state index < -0.39 is 0 Å². The van der Waals surface area contributed by atoms with Crippen LogP contribution in [-0.2, 0) is 5.41 Å². The van der Waals surface area contributed by atoms with Crippen molar-refractivity contribution in [2.45, 2.75) is 26.2 Å². The average Bonchev–Trinajstić information content (AvgIpc) is 2.30. The van der Waals surface area contributed by atoms with E-state index in [2.05, 4.69) is 75.4 Å². The number of benzene rings is 2. The predicted octanol–water partition coefficient (Wildman–Crippen LogP) is 3.61. The van der Waals surface area contributed by atoms with E-state index in [1.165, 1.54) is 16.2 Å². The van der Waals surface area contributed by atoms with Gasteiger partial charge in [-0.1, -0.05) is 83.9 Å². The van der Waals surface area contributed by atoms with Crippen molar-refractivity contribution < 1.29 is 0 Å². The Bertz CT molecular complexity index is 480. The van der Waals surface area contributed by atoms with Crippen LogP contribution in [0, 0.1) is 0 Å². The highest BCUT2D eigenvalue weighted by Crippen LogP contribution is 2.24. The van der Waals surface area contributed by atoms with Gasteiger partial charge in [0.05, 0.1) is 0 Å². The van der Waals surface area contributed by atoms with Crippen LogP contribution in [-0.4, -0.2) is 0 Å². The van der Waals surface area contributed by atoms with Crippen molar-refractivity contribution >= 4 is 19.2 Å². The minimum atomic E-state index is 0.221. The summed E-state index contributed by atoms with van der Waals surface area (Å²) < 4.78 is 0. The van der Waals surface area contributed by atoms with Crippen LogP contribution in [0.3, 0.4) is 0 Å². The molecule has 0 nitrogen and oxygen atoms in total. The summed E-state index contributed by atoms with van der Waals surface area (Å²) in [5.74, 6) is 0. The molecule has 0 bridgehead atoms. The fourth-order valence-corrected chi connectivity index (χ4v) is 3.37. The number of rotatable bonds is 2. The molecule has 0 aliphatic rings. The van der Waals surface area contributed by atoms with E-state index in [0.717, 1.165) is 8.58 Å². The molecule has 2 rings (SSSR count). The van der Waals surface area contributed by atoms with Crippen molar-refractivity contribution in [3.8, 4) is 0 Å². The Hall–Kier alpha value is -1.13. The molecule has 2 aromatic rings. The van der Waals surface area contributed by atoms with E-state index >= 15 is 0 Å². The molecule has 1 heteroatoms. The van der Waals surface area contributed by atoms with Crippen LogP contribution < -0.4 is 10.6 Å². The van der Waals surface area contributed by atoms with Gasteiger partial charge in [0.2, 0.25) is 0 Å². The van der Waals surface area contributed by atoms with Crippen molar-refractivity contribution in [2.24, 2.45) is 0 Å². The Balaban J connectivity index is 2.34. The van der Waals surface area contributed by atoms with Gasteiger partial charge in [0, 0.05) is 0 Å². The zero-order chi connectivity index (χ0) is 12.3. The van der Waals surface area contributed by atoms with Gasteiger partial charge in [-0.2, -0.15) is 0 Å². The van der Waals surface area contributed by atoms with E-state index in [4.69, 9.17) is 0 Å². The molecule has 0 radical (unpaired) electrons. The first-order valence-electron chi connectivity index (χ1n) is 5.99. The van der Waals surface area contributed by atoms with E-state index in [1.807, 2.05) is 0 Å². The zero-order valence-corrected chi connectivity index (χ0v) is 11.7. The quantitative estimate of drug-likeness (QED) is 0.706. The topological polar surface area (TPSA) is 0 Å². The largest absolute Gasteiger partial charge is 0.0622 e. The van der Waals surface area contributed by atoms with Gasteiger partial charge in [-0.25, -0.2) is 0 Å². The summed E-state index contributed by atoms with van der Waals surface area (Å²) in [6, 6.07) is 19.5. The van der Waals surface area contributed by atoms with Crippen LogP contribution in [0.4, 0.5) is 0 Å². The molecule has 0 fully saturated rings. The van der Waals surface area contributed by atoms with Crippen LogP contribution in [0.5, 0.6) is 0 Å². The zero-order valence-electron chi connectivity index (χ0n) is 10.7. The molecule has 1 unspecified atom stereocenters. The summed E-state index contributed by atoms with van der Waals surface area (Å²) in [6.45, 7) is 6.84. The van der Waals surface area contributed by atoms with Gasteiger partial charge in [0.15, 0.2) is 0 Å². The van der Waals surface area contributed by atoms with Crippen molar-refractivity contribution in [2.75, 3.05) is 0 Å². The van der Waals surface area contributed by atoms with Gasteiger partial charge in [0.1, 0.15) is 0 Å². The Morgan fingerprint density at radius 1 is 0.765 bits per heavy atom. The lowest BCUT2D eigenvalue weighted by atomic mass is 9.87. The molecule has 0 aromatic heterocycles. The maximum absolute atomic E-state index is 2.28. The van der Waals surface area contributed by atoms with Gasteiger partial charge in [0.25, 0.3) is 0 Å². The lowest BCUT2D eigenvalue weighted by Gasteiger charge is -2.22. The van der Waals surface area contributed by atoms with Crippen molar-refractivity contribution in [3.63, 3.8) is 0 Å². The Morgan fingerprint density at radius 2 is 1.35 bits per heavy atom. The summed E-state index contributed by atoms with van der Waals surface area (Å²) in [7, 11) is 0.749. The molecule has 0 amide bonds. The van der Waals surface area contributed by atoms with Crippen LogP contribution in [0.25, 0.3) is 0 Å². The Kier molecular flexibility index (Phi) is 3.64. The number of hydrogen-bond acceptors (Lipinski definition) is 0. The maximum Gasteiger partial charge on any atom is -0.0126 e. The highest BCUT2D eigenvalue weighted by atomic mass is 31.1. The van der Waals surface area contributed by atoms with Gasteiger partial charge in [-0.15, -0.1) is 0 Å². The van der Waals surface area contributed by atoms with Crippen molar-refractivity contribution in [1.82, 2.24) is 0 Å². The summed E-state index contributed by atoms with van der Waals surface area (Å²) in [5, 5.41) is 2.87.